The Morgan fingerprint density at radius 2 is 2.44 bits per heavy atom. The van der Waals surface area contributed by atoms with E-state index in [4.69, 9.17) is 0 Å². The molecule has 1 fully saturated rings. The Kier molecular flexibility index (Phi) is 4.97. The molecule has 0 bridgehead atoms. The Hall–Kier alpha value is -0.650. The number of carbonyl (C=O) groups excluding carboxylic acids is 1. The maximum atomic E-state index is 11.9. The van der Waals surface area contributed by atoms with Crippen LogP contribution in [0.5, 0.6) is 0 Å². The van der Waals surface area contributed by atoms with Gasteiger partial charge in [-0.05, 0) is 30.4 Å². The van der Waals surface area contributed by atoms with Gasteiger partial charge in [-0.3, -0.25) is 10.1 Å². The smallest absolute Gasteiger partial charge is 0.238 e. The van der Waals surface area contributed by atoms with E-state index in [0.717, 1.165) is 11.6 Å². The molecule has 1 aromatic carbocycles. The third-order valence-electron chi connectivity index (χ3n) is 2.93. The summed E-state index contributed by atoms with van der Waals surface area (Å²) in [5.41, 5.74) is 2.44. The van der Waals surface area contributed by atoms with E-state index >= 15 is 0 Å². The van der Waals surface area contributed by atoms with E-state index < -0.39 is 0 Å². The zero-order valence-corrected chi connectivity index (χ0v) is 12.3. The molecule has 0 saturated carbocycles. The van der Waals surface area contributed by atoms with Crippen LogP contribution in [0.3, 0.4) is 0 Å². The van der Waals surface area contributed by atoms with E-state index in [9.17, 15) is 4.79 Å². The second-order valence-corrected chi connectivity index (χ2v) is 6.18. The number of nitrogens with one attached hydrogen (secondary N) is 2. The highest BCUT2D eigenvalue weighted by Crippen LogP contribution is 2.21. The topological polar surface area (TPSA) is 41.1 Å². The first kappa shape index (κ1) is 13.8. The molecule has 2 rings (SSSR count). The fraction of sp³-hybridized carbons (Fsp3) is 0.462. The highest BCUT2D eigenvalue weighted by atomic mass is 32.2. The van der Waals surface area contributed by atoms with Gasteiger partial charge in [-0.1, -0.05) is 12.1 Å². The molecule has 1 atom stereocenters. The summed E-state index contributed by atoms with van der Waals surface area (Å²) in [6, 6.07) is 6.32. The summed E-state index contributed by atoms with van der Waals surface area (Å²) in [4.78, 5) is 13.1. The molecule has 1 amide bonds. The van der Waals surface area contributed by atoms with Gasteiger partial charge in [-0.15, -0.1) is 23.5 Å². The molecule has 2 N–H and O–H groups in total. The Morgan fingerprint density at radius 3 is 3.11 bits per heavy atom. The molecule has 1 aromatic rings. The van der Waals surface area contributed by atoms with E-state index in [1.54, 1.807) is 23.5 Å². The van der Waals surface area contributed by atoms with Gasteiger partial charge < -0.3 is 5.32 Å². The summed E-state index contributed by atoms with van der Waals surface area (Å²) in [6.45, 7) is 2.69. The number of hydrogen-bond acceptors (Lipinski definition) is 4. The van der Waals surface area contributed by atoms with Crippen LogP contribution < -0.4 is 10.6 Å². The molecule has 5 heteroatoms. The maximum absolute atomic E-state index is 11.9. The summed E-state index contributed by atoms with van der Waals surface area (Å²) in [6.07, 6.45) is 2.06. The van der Waals surface area contributed by atoms with E-state index in [1.807, 2.05) is 0 Å². The number of benzene rings is 1. The highest BCUT2D eigenvalue weighted by molar-refractivity contribution is 7.99. The monoisotopic (exact) mass is 282 g/mol. The SMILES string of the molecule is CSc1cc(C)ccc1CNC(=O)[C@@H]1CSCN1. The molecular weight excluding hydrogens is 264 g/mol. The van der Waals surface area contributed by atoms with Crippen LogP contribution in [0, 0.1) is 6.92 Å². The quantitative estimate of drug-likeness (QED) is 0.829. The van der Waals surface area contributed by atoms with Crippen molar-refractivity contribution in [2.45, 2.75) is 24.4 Å². The van der Waals surface area contributed by atoms with Crippen LogP contribution in [0.1, 0.15) is 11.1 Å². The van der Waals surface area contributed by atoms with Crippen molar-refractivity contribution in [2.24, 2.45) is 0 Å². The molecule has 1 aliphatic rings. The first-order chi connectivity index (χ1) is 8.70. The Morgan fingerprint density at radius 1 is 1.61 bits per heavy atom. The number of hydrogen-bond donors (Lipinski definition) is 2. The predicted octanol–water partition coefficient (Wildman–Crippen LogP) is 2.00. The third kappa shape index (κ3) is 3.43. The molecule has 1 heterocycles. The zero-order valence-electron chi connectivity index (χ0n) is 10.7. The average molecular weight is 282 g/mol. The summed E-state index contributed by atoms with van der Waals surface area (Å²) < 4.78 is 0. The Balaban J connectivity index is 1.95. The lowest BCUT2D eigenvalue weighted by molar-refractivity contribution is -0.122. The molecule has 0 radical (unpaired) electrons. The average Bonchev–Trinajstić information content (AvgIpc) is 2.90. The third-order valence-corrected chi connectivity index (χ3v) is 4.69. The molecule has 18 heavy (non-hydrogen) atoms. The minimum Gasteiger partial charge on any atom is -0.351 e. The largest absolute Gasteiger partial charge is 0.351 e. The van der Waals surface area contributed by atoms with E-state index in [0.29, 0.717) is 6.54 Å². The fourth-order valence-electron chi connectivity index (χ4n) is 1.87. The van der Waals surface area contributed by atoms with Gasteiger partial charge in [-0.25, -0.2) is 0 Å². The summed E-state index contributed by atoms with van der Waals surface area (Å²) in [7, 11) is 0. The van der Waals surface area contributed by atoms with Crippen LogP contribution in [0.2, 0.25) is 0 Å². The van der Waals surface area contributed by atoms with Crippen molar-refractivity contribution in [3.8, 4) is 0 Å². The zero-order chi connectivity index (χ0) is 13.0. The number of rotatable bonds is 4. The summed E-state index contributed by atoms with van der Waals surface area (Å²) in [5, 5.41) is 6.18. The van der Waals surface area contributed by atoms with Crippen molar-refractivity contribution in [2.75, 3.05) is 17.9 Å². The molecule has 98 valence electrons. The lowest BCUT2D eigenvalue weighted by Gasteiger charge is -2.13. The molecule has 3 nitrogen and oxygen atoms in total. The van der Waals surface area contributed by atoms with Crippen LogP contribution in [-0.4, -0.2) is 29.8 Å². The Bertz CT molecular complexity index is 431. The van der Waals surface area contributed by atoms with Crippen LogP contribution in [-0.2, 0) is 11.3 Å². The molecular formula is C13H18N2OS2. The Labute approximate surface area is 116 Å². The van der Waals surface area contributed by atoms with Crippen molar-refractivity contribution in [3.63, 3.8) is 0 Å². The number of carbonyl (C=O) groups is 1. The van der Waals surface area contributed by atoms with E-state index in [-0.39, 0.29) is 11.9 Å². The van der Waals surface area contributed by atoms with Gasteiger partial charge in [0, 0.05) is 23.1 Å². The summed E-state index contributed by atoms with van der Waals surface area (Å²) in [5.74, 6) is 1.85. The van der Waals surface area contributed by atoms with Crippen molar-refractivity contribution in [3.05, 3.63) is 29.3 Å². The minimum absolute atomic E-state index is 0.0295. The van der Waals surface area contributed by atoms with E-state index in [2.05, 4.69) is 42.0 Å². The lowest BCUT2D eigenvalue weighted by atomic mass is 10.1. The van der Waals surface area contributed by atoms with Gasteiger partial charge in [0.1, 0.15) is 0 Å². The predicted molar refractivity (Wildman–Crippen MR) is 79.1 cm³/mol. The van der Waals surface area contributed by atoms with Crippen LogP contribution in [0.15, 0.2) is 23.1 Å². The fourth-order valence-corrected chi connectivity index (χ4v) is 3.51. The van der Waals surface area contributed by atoms with E-state index in [1.165, 1.54) is 16.0 Å². The van der Waals surface area contributed by atoms with Gasteiger partial charge in [0.15, 0.2) is 0 Å². The molecule has 0 unspecified atom stereocenters. The standard InChI is InChI=1S/C13H18N2OS2/c1-9-3-4-10(12(5-9)17-2)6-14-13(16)11-7-18-8-15-11/h3-5,11,15H,6-8H2,1-2H3,(H,14,16)/t11-/m0/s1. The molecule has 0 aromatic heterocycles. The summed E-state index contributed by atoms with van der Waals surface area (Å²) >= 11 is 3.49. The molecule has 0 aliphatic carbocycles. The molecule has 0 spiro atoms. The normalized spacial score (nSPS) is 18.9. The lowest BCUT2D eigenvalue weighted by Crippen LogP contribution is -2.41. The molecule has 1 saturated heterocycles. The van der Waals surface area contributed by atoms with Gasteiger partial charge in [0.25, 0.3) is 0 Å². The van der Waals surface area contributed by atoms with Crippen LogP contribution >= 0.6 is 23.5 Å². The van der Waals surface area contributed by atoms with Crippen molar-refractivity contribution in [1.29, 1.82) is 0 Å². The first-order valence-electron chi connectivity index (χ1n) is 5.93. The van der Waals surface area contributed by atoms with Crippen LogP contribution in [0.4, 0.5) is 0 Å². The van der Waals surface area contributed by atoms with Gasteiger partial charge in [0.05, 0.1) is 6.04 Å². The van der Waals surface area contributed by atoms with Gasteiger partial charge in [0.2, 0.25) is 5.91 Å². The number of aryl methyl sites for hydroxylation is 1. The second kappa shape index (κ2) is 6.50. The first-order valence-corrected chi connectivity index (χ1v) is 8.31. The van der Waals surface area contributed by atoms with Gasteiger partial charge >= 0.3 is 0 Å². The number of thioether (sulfide) groups is 2. The van der Waals surface area contributed by atoms with Crippen molar-refractivity contribution in [1.82, 2.24) is 10.6 Å². The second-order valence-electron chi connectivity index (χ2n) is 4.30. The molecule has 1 aliphatic heterocycles. The number of amides is 1. The van der Waals surface area contributed by atoms with Crippen molar-refractivity contribution >= 4 is 29.4 Å². The minimum atomic E-state index is -0.0295. The van der Waals surface area contributed by atoms with Gasteiger partial charge in [-0.2, -0.15) is 0 Å². The van der Waals surface area contributed by atoms with Crippen molar-refractivity contribution < 1.29 is 4.79 Å². The van der Waals surface area contributed by atoms with Crippen LogP contribution in [0.25, 0.3) is 0 Å². The maximum Gasteiger partial charge on any atom is 0.238 e. The highest BCUT2D eigenvalue weighted by Gasteiger charge is 2.22.